The Morgan fingerprint density at radius 3 is 1.57 bits per heavy atom. The van der Waals surface area contributed by atoms with Gasteiger partial charge in [0.2, 0.25) is 0 Å². The number of nitrogens with zero attached hydrogens (tertiary/aromatic N) is 1. The van der Waals surface area contributed by atoms with Crippen LogP contribution in [0.3, 0.4) is 0 Å². The summed E-state index contributed by atoms with van der Waals surface area (Å²) in [6, 6.07) is 86.0. The molecule has 0 aliphatic carbocycles. The van der Waals surface area contributed by atoms with Gasteiger partial charge in [-0.25, -0.2) is 0 Å². The molecule has 60 heavy (non-hydrogen) atoms. The molecule has 1 aliphatic heterocycles. The molecule has 0 fully saturated rings. The minimum atomic E-state index is -2.17. The molecule has 0 spiro atoms. The van der Waals surface area contributed by atoms with Gasteiger partial charge in [0.1, 0.15) is 8.07 Å². The molecule has 0 saturated heterocycles. The van der Waals surface area contributed by atoms with Gasteiger partial charge in [0.05, 0.1) is 16.4 Å². The van der Waals surface area contributed by atoms with E-state index in [1.165, 1.54) is 87.9 Å². The highest BCUT2D eigenvalue weighted by atomic mass is 28.3. The topological polar surface area (TPSA) is 4.93 Å². The lowest BCUT2D eigenvalue weighted by Crippen LogP contribution is -2.59. The van der Waals surface area contributed by atoms with E-state index in [1.807, 2.05) is 0 Å². The highest BCUT2D eigenvalue weighted by Crippen LogP contribution is 2.47. The Hall–Kier alpha value is -7.00. The Kier molecular flexibility index (Phi) is 8.65. The van der Waals surface area contributed by atoms with E-state index >= 15 is 0 Å². The smallest absolute Gasteiger partial charge is 0.113 e. The molecule has 1 aromatic heterocycles. The van der Waals surface area contributed by atoms with Crippen LogP contribution in [0.5, 0.6) is 0 Å². The second kappa shape index (κ2) is 14.4. The molecule has 0 amide bonds. The molecular weight excluding hydrogens is 739 g/mol. The molecule has 1 unspecified atom stereocenters. The SMILES string of the molecule is C[Si]1(C)c2ccccc2C(c2ccccc2-c2ccccc2)c2ccc(-n3c4ccccc4c4ccc(C(c5ccccc5)(c5ccccc5)c5ccccc5)cc43)cc21. The van der Waals surface area contributed by atoms with Crippen LogP contribution in [-0.2, 0) is 5.41 Å². The van der Waals surface area contributed by atoms with Crippen LogP contribution >= 0.6 is 0 Å². The number of rotatable bonds is 7. The summed E-state index contributed by atoms with van der Waals surface area (Å²) in [7, 11) is -2.17. The lowest BCUT2D eigenvalue weighted by atomic mass is 9.65. The van der Waals surface area contributed by atoms with E-state index in [9.17, 15) is 0 Å². The molecule has 10 aromatic rings. The number of hydrogen-bond acceptors (Lipinski definition) is 0. The summed E-state index contributed by atoms with van der Waals surface area (Å²) in [6.07, 6.45) is 0. The molecule has 0 bridgehead atoms. The van der Waals surface area contributed by atoms with Crippen molar-refractivity contribution in [3.8, 4) is 16.8 Å². The number of benzene rings is 9. The predicted molar refractivity (Wildman–Crippen MR) is 255 cm³/mol. The predicted octanol–water partition coefficient (Wildman–Crippen LogP) is 13.1. The van der Waals surface area contributed by atoms with Gasteiger partial charge in [0, 0.05) is 22.4 Å². The molecule has 1 nitrogen and oxygen atoms in total. The van der Waals surface area contributed by atoms with Crippen molar-refractivity contribution in [2.75, 3.05) is 0 Å². The third-order valence-corrected chi connectivity index (χ3v) is 16.9. The quantitative estimate of drug-likeness (QED) is 0.112. The third-order valence-electron chi connectivity index (χ3n) is 13.3. The van der Waals surface area contributed by atoms with Crippen LogP contribution in [0.15, 0.2) is 231 Å². The van der Waals surface area contributed by atoms with Crippen molar-refractivity contribution in [2.24, 2.45) is 0 Å². The highest BCUT2D eigenvalue weighted by Gasteiger charge is 2.41. The van der Waals surface area contributed by atoms with Gasteiger partial charge in [-0.05, 0) is 79.5 Å². The van der Waals surface area contributed by atoms with Gasteiger partial charge in [-0.15, -0.1) is 0 Å². The lowest BCUT2D eigenvalue weighted by molar-refractivity contribution is 0.746. The van der Waals surface area contributed by atoms with Crippen molar-refractivity contribution in [1.82, 2.24) is 4.57 Å². The largest absolute Gasteiger partial charge is 0.309 e. The summed E-state index contributed by atoms with van der Waals surface area (Å²) in [5, 5.41) is 5.54. The lowest BCUT2D eigenvalue weighted by Gasteiger charge is -2.39. The summed E-state index contributed by atoms with van der Waals surface area (Å²) < 4.78 is 2.54. The van der Waals surface area contributed by atoms with Crippen molar-refractivity contribution in [3.05, 3.63) is 269 Å². The number of hydrogen-bond donors (Lipinski definition) is 0. The van der Waals surface area contributed by atoms with E-state index in [1.54, 1.807) is 0 Å². The summed E-state index contributed by atoms with van der Waals surface area (Å²) >= 11 is 0. The first-order chi connectivity index (χ1) is 29.5. The fourth-order valence-corrected chi connectivity index (χ4v) is 13.8. The van der Waals surface area contributed by atoms with Gasteiger partial charge in [-0.3, -0.25) is 0 Å². The average Bonchev–Trinajstić information content (AvgIpc) is 3.65. The Balaban J connectivity index is 1.18. The fraction of sp³-hybridized carbons (Fsp3) is 0.0690. The van der Waals surface area contributed by atoms with Crippen LogP contribution in [-0.4, -0.2) is 12.6 Å². The van der Waals surface area contributed by atoms with Crippen LogP contribution < -0.4 is 10.4 Å². The Morgan fingerprint density at radius 1 is 0.383 bits per heavy atom. The molecular formula is C58H45NSi. The first kappa shape index (κ1) is 36.1. The molecule has 0 saturated carbocycles. The monoisotopic (exact) mass is 783 g/mol. The maximum atomic E-state index is 2.56. The first-order valence-corrected chi connectivity index (χ1v) is 24.1. The molecule has 286 valence electrons. The normalized spacial score (nSPS) is 14.5. The highest BCUT2D eigenvalue weighted by molar-refractivity contribution is 7.01. The van der Waals surface area contributed by atoms with Gasteiger partial charge in [0.25, 0.3) is 0 Å². The van der Waals surface area contributed by atoms with Crippen LogP contribution in [0, 0.1) is 0 Å². The standard InChI is InChI=1S/C58H45NSi/c1-60(2)55-34-20-18-32-51(55)57(50-31-16-15-29-47(50)41-21-7-3-8-22-41)52-38-36-46(40-56(52)60)59-53-33-19-17-30-48(53)49-37-35-45(39-54(49)59)58(42-23-9-4-10-24-42,43-25-11-5-12-26-43)44-27-13-6-14-28-44/h3-40,57H,1-2H3. The van der Waals surface area contributed by atoms with Gasteiger partial charge in [-0.2, -0.15) is 0 Å². The van der Waals surface area contributed by atoms with E-state index < -0.39 is 13.5 Å². The van der Waals surface area contributed by atoms with Gasteiger partial charge in [-0.1, -0.05) is 225 Å². The molecule has 0 N–H and O–H groups in total. The van der Waals surface area contributed by atoms with Crippen LogP contribution in [0.25, 0.3) is 38.6 Å². The minimum Gasteiger partial charge on any atom is -0.309 e. The number of aromatic nitrogens is 1. The molecule has 1 atom stereocenters. The average molecular weight is 784 g/mol. The second-order valence-electron chi connectivity index (χ2n) is 16.8. The zero-order valence-corrected chi connectivity index (χ0v) is 35.0. The maximum absolute atomic E-state index is 2.56. The Labute approximate surface area is 353 Å². The molecule has 2 heteroatoms. The number of para-hydroxylation sites is 1. The second-order valence-corrected chi connectivity index (χ2v) is 21.1. The maximum Gasteiger partial charge on any atom is 0.113 e. The van der Waals surface area contributed by atoms with E-state index in [2.05, 4.69) is 248 Å². The van der Waals surface area contributed by atoms with Gasteiger partial charge < -0.3 is 4.57 Å². The number of fused-ring (bicyclic) bond motifs is 5. The van der Waals surface area contributed by atoms with Gasteiger partial charge in [0.15, 0.2) is 0 Å². The molecule has 1 aliphatic rings. The van der Waals surface area contributed by atoms with Gasteiger partial charge >= 0.3 is 0 Å². The summed E-state index contributed by atoms with van der Waals surface area (Å²) in [5.74, 6) is 0.121. The van der Waals surface area contributed by atoms with Crippen molar-refractivity contribution >= 4 is 40.3 Å². The van der Waals surface area contributed by atoms with Crippen molar-refractivity contribution in [2.45, 2.75) is 24.4 Å². The van der Waals surface area contributed by atoms with Crippen molar-refractivity contribution in [3.63, 3.8) is 0 Å². The zero-order chi connectivity index (χ0) is 40.3. The van der Waals surface area contributed by atoms with Crippen LogP contribution in [0.4, 0.5) is 0 Å². The minimum absolute atomic E-state index is 0.121. The van der Waals surface area contributed by atoms with E-state index in [0.29, 0.717) is 0 Å². The van der Waals surface area contributed by atoms with Crippen molar-refractivity contribution < 1.29 is 0 Å². The molecule has 2 heterocycles. The molecule has 11 rings (SSSR count). The van der Waals surface area contributed by atoms with Crippen molar-refractivity contribution in [1.29, 1.82) is 0 Å². The zero-order valence-electron chi connectivity index (χ0n) is 34.0. The van der Waals surface area contributed by atoms with Crippen LogP contribution in [0.1, 0.15) is 44.9 Å². The Bertz CT molecular complexity index is 3070. The first-order valence-electron chi connectivity index (χ1n) is 21.1. The van der Waals surface area contributed by atoms with E-state index in [-0.39, 0.29) is 5.92 Å². The summed E-state index contributed by atoms with van der Waals surface area (Å²) in [4.78, 5) is 0. The van der Waals surface area contributed by atoms with E-state index in [4.69, 9.17) is 0 Å². The summed E-state index contributed by atoms with van der Waals surface area (Å²) in [5.41, 5.74) is 14.8. The Morgan fingerprint density at radius 2 is 0.900 bits per heavy atom. The third kappa shape index (κ3) is 5.52. The fourth-order valence-electron chi connectivity index (χ4n) is 10.6. The summed E-state index contributed by atoms with van der Waals surface area (Å²) in [6.45, 7) is 5.09. The molecule has 9 aromatic carbocycles. The molecule has 0 radical (unpaired) electrons. The van der Waals surface area contributed by atoms with Crippen LogP contribution in [0.2, 0.25) is 13.1 Å². The van der Waals surface area contributed by atoms with E-state index in [0.717, 1.165) is 0 Å².